The maximum atomic E-state index is 11.1. The van der Waals surface area contributed by atoms with Gasteiger partial charge in [0.25, 0.3) is 0 Å². The number of hydrogen-bond donors (Lipinski definition) is 2. The predicted octanol–water partition coefficient (Wildman–Crippen LogP) is 2.01. The van der Waals surface area contributed by atoms with E-state index in [-0.39, 0.29) is 35.1 Å². The van der Waals surface area contributed by atoms with Gasteiger partial charge in [-0.1, -0.05) is 6.07 Å². The Hall–Kier alpha value is -1.87. The number of carbonyl (C=O) groups is 1. The fraction of sp³-hybridized carbons (Fsp3) is 0. The fourth-order valence-electron chi connectivity index (χ4n) is 1.47. The van der Waals surface area contributed by atoms with Crippen LogP contribution in [0, 0.1) is 11.3 Å². The minimum Gasteiger partial charge on any atom is -0.478 e. The molecule has 1 heterocycles. The third-order valence-corrected chi connectivity index (χ3v) is 2.31. The Morgan fingerprint density at radius 2 is 2.11 bits per heavy atom. The van der Waals surface area contributed by atoms with Crippen molar-refractivity contribution in [2.45, 2.75) is 0 Å². The molecule has 1 radical (unpaired) electrons. The molecule has 0 atom stereocenters. The second-order valence-electron chi connectivity index (χ2n) is 3.52. The summed E-state index contributed by atoms with van der Waals surface area (Å²) in [4.78, 5) is 15.2. The molecule has 0 aliphatic rings. The van der Waals surface area contributed by atoms with Gasteiger partial charge in [0.15, 0.2) is 0 Å². The molecule has 0 saturated carbocycles. The second-order valence-corrected chi connectivity index (χ2v) is 3.52. The maximum Gasteiger partial charge on any atom is 0.337 e. The number of nitriles is 1. The summed E-state index contributed by atoms with van der Waals surface area (Å²) in [6, 6.07) is 11.6. The van der Waals surface area contributed by atoms with E-state index < -0.39 is 5.97 Å². The van der Waals surface area contributed by atoms with Crippen LogP contribution in [0.4, 0.5) is 11.5 Å². The Morgan fingerprint density at radius 3 is 2.68 bits per heavy atom. The first-order valence-corrected chi connectivity index (χ1v) is 5.16. The normalized spacial score (nSPS) is 9.00. The largest absolute Gasteiger partial charge is 0.478 e. The molecular weight excluding hydrogens is 253 g/mol. The van der Waals surface area contributed by atoms with Crippen LogP contribution >= 0.6 is 0 Å². The third kappa shape index (κ3) is 3.80. The fourth-order valence-corrected chi connectivity index (χ4v) is 1.47. The van der Waals surface area contributed by atoms with Gasteiger partial charge in [0.05, 0.1) is 22.9 Å². The van der Waals surface area contributed by atoms with Gasteiger partial charge >= 0.3 is 5.97 Å². The van der Waals surface area contributed by atoms with Crippen molar-refractivity contribution in [2.24, 2.45) is 0 Å². The summed E-state index contributed by atoms with van der Waals surface area (Å²) in [7, 11) is 0. The van der Waals surface area contributed by atoms with Crippen LogP contribution < -0.4 is 5.32 Å². The van der Waals surface area contributed by atoms with Crippen LogP contribution in [0.15, 0.2) is 42.6 Å². The molecule has 0 fully saturated rings. The number of aromatic nitrogens is 1. The van der Waals surface area contributed by atoms with Crippen molar-refractivity contribution in [1.29, 1.82) is 5.26 Å². The van der Waals surface area contributed by atoms with Crippen molar-refractivity contribution in [3.8, 4) is 6.07 Å². The number of aromatic carboxylic acids is 1. The SMILES string of the molecule is N#Cc1ccc(Nc2ccccn2)c(C(=O)O)c1.[Na]. The first kappa shape index (κ1) is 15.2. The van der Waals surface area contributed by atoms with Crippen LogP contribution in [0.25, 0.3) is 0 Å². The Balaban J connectivity index is 0.00000180. The number of benzene rings is 1. The number of carboxylic acid groups (broad SMARTS) is 1. The molecule has 0 aliphatic heterocycles. The Morgan fingerprint density at radius 1 is 1.32 bits per heavy atom. The third-order valence-electron chi connectivity index (χ3n) is 2.31. The number of rotatable bonds is 3. The summed E-state index contributed by atoms with van der Waals surface area (Å²) < 4.78 is 0. The van der Waals surface area contributed by atoms with Gasteiger partial charge in [0.1, 0.15) is 5.82 Å². The molecule has 6 heteroatoms. The molecular formula is C13H9N3NaO2. The van der Waals surface area contributed by atoms with Crippen molar-refractivity contribution < 1.29 is 9.90 Å². The van der Waals surface area contributed by atoms with Crippen LogP contribution in [0.3, 0.4) is 0 Å². The smallest absolute Gasteiger partial charge is 0.337 e. The summed E-state index contributed by atoms with van der Waals surface area (Å²) >= 11 is 0. The van der Waals surface area contributed by atoms with E-state index in [0.717, 1.165) is 0 Å². The summed E-state index contributed by atoms with van der Waals surface area (Å²) in [5.74, 6) is -0.546. The van der Waals surface area contributed by atoms with E-state index in [1.807, 2.05) is 6.07 Å². The maximum absolute atomic E-state index is 11.1. The van der Waals surface area contributed by atoms with Crippen LogP contribution in [-0.4, -0.2) is 45.6 Å². The molecule has 5 nitrogen and oxygen atoms in total. The van der Waals surface area contributed by atoms with E-state index in [9.17, 15) is 4.79 Å². The molecule has 1 aromatic carbocycles. The van der Waals surface area contributed by atoms with E-state index in [2.05, 4.69) is 10.3 Å². The average molecular weight is 262 g/mol. The average Bonchev–Trinajstić information content (AvgIpc) is 2.40. The van der Waals surface area contributed by atoms with Gasteiger partial charge in [-0.05, 0) is 30.3 Å². The molecule has 0 amide bonds. The van der Waals surface area contributed by atoms with Crippen molar-refractivity contribution >= 4 is 47.0 Å². The molecule has 0 bridgehead atoms. The predicted molar refractivity (Wildman–Crippen MR) is 71.4 cm³/mol. The number of carboxylic acids is 1. The number of nitrogens with one attached hydrogen (secondary N) is 1. The van der Waals surface area contributed by atoms with Gasteiger partial charge in [-0.3, -0.25) is 0 Å². The van der Waals surface area contributed by atoms with Gasteiger partial charge in [0, 0.05) is 35.8 Å². The standard InChI is InChI=1S/C13H9N3O2.Na/c14-8-9-4-5-11(10(7-9)13(17)18)16-12-3-1-2-6-15-12;/h1-7H,(H,15,16)(H,17,18);. The van der Waals surface area contributed by atoms with E-state index in [1.165, 1.54) is 6.07 Å². The van der Waals surface area contributed by atoms with Gasteiger partial charge < -0.3 is 10.4 Å². The first-order chi connectivity index (χ1) is 8.70. The Labute approximate surface area is 132 Å². The van der Waals surface area contributed by atoms with E-state index in [0.29, 0.717) is 17.1 Å². The quantitative estimate of drug-likeness (QED) is 0.826. The van der Waals surface area contributed by atoms with E-state index in [4.69, 9.17) is 10.4 Å². The van der Waals surface area contributed by atoms with Crippen LogP contribution in [0.5, 0.6) is 0 Å². The molecule has 2 aromatic rings. The molecule has 0 saturated heterocycles. The molecule has 2 rings (SSSR count). The number of hydrogen-bond acceptors (Lipinski definition) is 4. The topological polar surface area (TPSA) is 86.0 Å². The van der Waals surface area contributed by atoms with Gasteiger partial charge in [-0.2, -0.15) is 5.26 Å². The molecule has 19 heavy (non-hydrogen) atoms. The monoisotopic (exact) mass is 262 g/mol. The zero-order chi connectivity index (χ0) is 13.0. The van der Waals surface area contributed by atoms with E-state index >= 15 is 0 Å². The van der Waals surface area contributed by atoms with Gasteiger partial charge in [-0.25, -0.2) is 9.78 Å². The first-order valence-electron chi connectivity index (χ1n) is 5.16. The molecule has 0 spiro atoms. The summed E-state index contributed by atoms with van der Waals surface area (Å²) in [5, 5.41) is 20.7. The zero-order valence-electron chi connectivity index (χ0n) is 10.3. The Kier molecular flexibility index (Phi) is 5.52. The van der Waals surface area contributed by atoms with Crippen molar-refractivity contribution in [3.05, 3.63) is 53.7 Å². The molecule has 2 N–H and O–H groups in total. The van der Waals surface area contributed by atoms with Crippen LogP contribution in [0.2, 0.25) is 0 Å². The summed E-state index contributed by atoms with van der Waals surface area (Å²) in [5.41, 5.74) is 0.749. The van der Waals surface area contributed by atoms with Gasteiger partial charge in [0.2, 0.25) is 0 Å². The Bertz CT molecular complexity index is 624. The number of anilines is 2. The van der Waals surface area contributed by atoms with Crippen molar-refractivity contribution in [2.75, 3.05) is 5.32 Å². The van der Waals surface area contributed by atoms with E-state index in [1.54, 1.807) is 36.5 Å². The molecule has 0 aliphatic carbocycles. The molecule has 0 unspecified atom stereocenters. The second kappa shape index (κ2) is 6.90. The van der Waals surface area contributed by atoms with Crippen LogP contribution in [0.1, 0.15) is 15.9 Å². The molecule has 1 aromatic heterocycles. The minimum atomic E-state index is -1.09. The molecule has 89 valence electrons. The number of pyridine rings is 1. The summed E-state index contributed by atoms with van der Waals surface area (Å²) in [6.45, 7) is 0. The zero-order valence-corrected chi connectivity index (χ0v) is 12.3. The number of nitrogens with zero attached hydrogens (tertiary/aromatic N) is 2. The van der Waals surface area contributed by atoms with Gasteiger partial charge in [-0.15, -0.1) is 0 Å². The van der Waals surface area contributed by atoms with Crippen molar-refractivity contribution in [3.63, 3.8) is 0 Å². The van der Waals surface area contributed by atoms with Crippen molar-refractivity contribution in [1.82, 2.24) is 4.98 Å². The summed E-state index contributed by atoms with van der Waals surface area (Å²) in [6.07, 6.45) is 1.60. The minimum absolute atomic E-state index is 0. The van der Waals surface area contributed by atoms with Crippen LogP contribution in [-0.2, 0) is 0 Å².